The summed E-state index contributed by atoms with van der Waals surface area (Å²) in [5, 5.41) is 3.44. The van der Waals surface area contributed by atoms with Crippen molar-refractivity contribution in [1.82, 2.24) is 5.32 Å². The highest BCUT2D eigenvalue weighted by Gasteiger charge is 2.18. The number of hydrogen-bond acceptors (Lipinski definition) is 1. The van der Waals surface area contributed by atoms with Crippen LogP contribution in [0.1, 0.15) is 26.7 Å². The van der Waals surface area contributed by atoms with E-state index in [1.54, 1.807) is 0 Å². The zero-order valence-electron chi connectivity index (χ0n) is 9.40. The second-order valence-corrected chi connectivity index (χ2v) is 4.12. The topological polar surface area (TPSA) is 12.0 Å². The van der Waals surface area contributed by atoms with E-state index >= 15 is 0 Å². The maximum Gasteiger partial charge on any atom is 0.00203 e. The summed E-state index contributed by atoms with van der Waals surface area (Å²) in [7, 11) is 0. The van der Waals surface area contributed by atoms with Gasteiger partial charge in [-0.15, -0.1) is 0 Å². The smallest absolute Gasteiger partial charge is 0.00203 e. The zero-order valence-corrected chi connectivity index (χ0v) is 9.40. The molecule has 0 aromatic rings. The number of nitrogens with one attached hydrogen (secondary N) is 1. The van der Waals surface area contributed by atoms with Gasteiger partial charge in [0.05, 0.1) is 0 Å². The van der Waals surface area contributed by atoms with Crippen molar-refractivity contribution < 1.29 is 0 Å². The highest BCUT2D eigenvalue weighted by atomic mass is 14.9. The lowest BCUT2D eigenvalue weighted by Gasteiger charge is -2.27. The van der Waals surface area contributed by atoms with E-state index < -0.39 is 0 Å². The molecule has 0 bridgehead atoms. The van der Waals surface area contributed by atoms with Gasteiger partial charge in [-0.25, -0.2) is 0 Å². The lowest BCUT2D eigenvalue weighted by atomic mass is 9.85. The minimum atomic E-state index is 0.638. The Hall–Kier alpha value is -0.820. The molecule has 0 saturated carbocycles. The monoisotopic (exact) mass is 191 g/mol. The van der Waals surface area contributed by atoms with Crippen LogP contribution in [-0.4, -0.2) is 13.1 Å². The molecule has 78 valence electrons. The van der Waals surface area contributed by atoms with Crippen LogP contribution in [0.2, 0.25) is 0 Å². The molecule has 0 radical (unpaired) electrons. The molecule has 1 heterocycles. The molecule has 0 amide bonds. The Morgan fingerprint density at radius 1 is 1.43 bits per heavy atom. The normalized spacial score (nSPS) is 24.0. The first kappa shape index (κ1) is 11.3. The second-order valence-electron chi connectivity index (χ2n) is 4.12. The molecule has 1 saturated heterocycles. The largest absolute Gasteiger partial charge is 0.316 e. The third-order valence-electron chi connectivity index (χ3n) is 2.90. The van der Waals surface area contributed by atoms with Gasteiger partial charge in [-0.2, -0.15) is 0 Å². The van der Waals surface area contributed by atoms with Crippen LogP contribution in [0.15, 0.2) is 36.0 Å². The average molecular weight is 191 g/mol. The van der Waals surface area contributed by atoms with Crippen LogP contribution in [-0.2, 0) is 0 Å². The van der Waals surface area contributed by atoms with Gasteiger partial charge in [0.15, 0.2) is 0 Å². The molecule has 1 aliphatic heterocycles. The zero-order chi connectivity index (χ0) is 10.6. The van der Waals surface area contributed by atoms with Gasteiger partial charge in [0, 0.05) is 6.54 Å². The van der Waals surface area contributed by atoms with Crippen LogP contribution >= 0.6 is 0 Å². The summed E-state index contributed by atoms with van der Waals surface area (Å²) in [6.45, 7) is 14.4. The first-order valence-corrected chi connectivity index (χ1v) is 5.36. The number of hydrogen-bond donors (Lipinski definition) is 1. The molecule has 1 fully saturated rings. The minimum Gasteiger partial charge on any atom is -0.316 e. The van der Waals surface area contributed by atoms with Crippen molar-refractivity contribution in [2.75, 3.05) is 13.1 Å². The van der Waals surface area contributed by atoms with E-state index in [1.807, 2.05) is 6.08 Å². The Labute approximate surface area is 87.6 Å². The van der Waals surface area contributed by atoms with E-state index in [-0.39, 0.29) is 0 Å². The summed E-state index contributed by atoms with van der Waals surface area (Å²) in [5.74, 6) is 0.638. The van der Waals surface area contributed by atoms with Crippen molar-refractivity contribution in [3.63, 3.8) is 0 Å². The van der Waals surface area contributed by atoms with Gasteiger partial charge in [-0.1, -0.05) is 24.8 Å². The third-order valence-corrected chi connectivity index (χ3v) is 2.90. The molecular formula is C13H21N. The van der Waals surface area contributed by atoms with Gasteiger partial charge in [-0.05, 0) is 50.3 Å². The van der Waals surface area contributed by atoms with Gasteiger partial charge in [0.25, 0.3) is 0 Å². The molecule has 1 aliphatic rings. The van der Waals surface area contributed by atoms with Crippen LogP contribution in [0, 0.1) is 5.92 Å². The van der Waals surface area contributed by atoms with Crippen molar-refractivity contribution in [3.8, 4) is 0 Å². The van der Waals surface area contributed by atoms with Crippen LogP contribution in [0.5, 0.6) is 0 Å². The summed E-state index contributed by atoms with van der Waals surface area (Å²) < 4.78 is 0. The SMILES string of the molecule is C=C/C(C)=C(\C(=C)C)C1CCCNC1. The van der Waals surface area contributed by atoms with E-state index in [2.05, 4.69) is 32.3 Å². The number of piperidine rings is 1. The summed E-state index contributed by atoms with van der Waals surface area (Å²) in [5.41, 5.74) is 3.88. The maximum absolute atomic E-state index is 4.07. The predicted octanol–water partition coefficient (Wildman–Crippen LogP) is 3.06. The van der Waals surface area contributed by atoms with E-state index in [9.17, 15) is 0 Å². The molecule has 0 aliphatic carbocycles. The van der Waals surface area contributed by atoms with Gasteiger partial charge < -0.3 is 5.32 Å². The van der Waals surface area contributed by atoms with Crippen LogP contribution in [0.3, 0.4) is 0 Å². The first-order chi connectivity index (χ1) is 6.66. The summed E-state index contributed by atoms with van der Waals surface area (Å²) in [4.78, 5) is 0. The van der Waals surface area contributed by atoms with Crippen molar-refractivity contribution in [1.29, 1.82) is 0 Å². The Balaban J connectivity index is 2.86. The summed E-state index contributed by atoms with van der Waals surface area (Å²) >= 11 is 0. The van der Waals surface area contributed by atoms with Gasteiger partial charge in [0.1, 0.15) is 0 Å². The fourth-order valence-corrected chi connectivity index (χ4v) is 2.22. The molecule has 1 unspecified atom stereocenters. The molecule has 1 rings (SSSR count). The fourth-order valence-electron chi connectivity index (χ4n) is 2.22. The van der Waals surface area contributed by atoms with E-state index in [4.69, 9.17) is 0 Å². The minimum absolute atomic E-state index is 0.638. The highest BCUT2D eigenvalue weighted by Crippen LogP contribution is 2.27. The Bertz CT molecular complexity index is 254. The van der Waals surface area contributed by atoms with E-state index in [1.165, 1.54) is 29.6 Å². The molecule has 1 atom stereocenters. The Kier molecular flexibility index (Phi) is 4.15. The lowest BCUT2D eigenvalue weighted by molar-refractivity contribution is 0.423. The van der Waals surface area contributed by atoms with E-state index in [0.717, 1.165) is 13.1 Å². The van der Waals surface area contributed by atoms with Crippen molar-refractivity contribution in [2.24, 2.45) is 5.92 Å². The fraction of sp³-hybridized carbons (Fsp3) is 0.538. The molecular weight excluding hydrogens is 170 g/mol. The van der Waals surface area contributed by atoms with Crippen molar-refractivity contribution >= 4 is 0 Å². The first-order valence-electron chi connectivity index (χ1n) is 5.36. The molecule has 0 aromatic carbocycles. The third kappa shape index (κ3) is 2.58. The predicted molar refractivity (Wildman–Crippen MR) is 63.3 cm³/mol. The van der Waals surface area contributed by atoms with Crippen molar-refractivity contribution in [3.05, 3.63) is 36.0 Å². The van der Waals surface area contributed by atoms with Crippen molar-refractivity contribution in [2.45, 2.75) is 26.7 Å². The summed E-state index contributed by atoms with van der Waals surface area (Å²) in [6.07, 6.45) is 4.49. The Morgan fingerprint density at radius 3 is 2.57 bits per heavy atom. The number of allylic oxidation sites excluding steroid dienone is 3. The molecule has 0 aromatic heterocycles. The summed E-state index contributed by atoms with van der Waals surface area (Å²) in [6, 6.07) is 0. The highest BCUT2D eigenvalue weighted by molar-refractivity contribution is 5.38. The maximum atomic E-state index is 4.07. The van der Waals surface area contributed by atoms with Crippen LogP contribution in [0.25, 0.3) is 0 Å². The lowest BCUT2D eigenvalue weighted by Crippen LogP contribution is -2.31. The standard InChI is InChI=1S/C13H21N/c1-5-11(4)13(10(2)3)12-7-6-8-14-9-12/h5,12,14H,1-2,6-9H2,3-4H3/b13-11+. The molecule has 1 nitrogen and oxygen atoms in total. The van der Waals surface area contributed by atoms with Crippen LogP contribution < -0.4 is 5.32 Å². The average Bonchev–Trinajstić information content (AvgIpc) is 2.19. The number of rotatable bonds is 3. The molecule has 1 N–H and O–H groups in total. The van der Waals surface area contributed by atoms with Gasteiger partial charge in [0.2, 0.25) is 0 Å². The van der Waals surface area contributed by atoms with E-state index in [0.29, 0.717) is 5.92 Å². The molecule has 14 heavy (non-hydrogen) atoms. The Morgan fingerprint density at radius 2 is 2.14 bits per heavy atom. The molecule has 0 spiro atoms. The second kappa shape index (κ2) is 5.16. The quantitative estimate of drug-likeness (QED) is 0.676. The molecule has 1 heteroatoms. The van der Waals surface area contributed by atoms with Crippen LogP contribution in [0.4, 0.5) is 0 Å². The van der Waals surface area contributed by atoms with Gasteiger partial charge in [-0.3, -0.25) is 0 Å². The van der Waals surface area contributed by atoms with Gasteiger partial charge >= 0.3 is 0 Å².